The summed E-state index contributed by atoms with van der Waals surface area (Å²) in [5.74, 6) is 0.459. The van der Waals surface area contributed by atoms with Crippen molar-refractivity contribution in [2.75, 3.05) is 18.2 Å². The zero-order valence-corrected chi connectivity index (χ0v) is 15.0. The molecule has 0 radical (unpaired) electrons. The summed E-state index contributed by atoms with van der Waals surface area (Å²) in [4.78, 5) is 23.8. The highest BCUT2D eigenvalue weighted by Crippen LogP contribution is 2.28. The second-order valence-corrected chi connectivity index (χ2v) is 6.57. The van der Waals surface area contributed by atoms with Crippen LogP contribution >= 0.6 is 11.8 Å². The number of primary amides is 1. The first-order valence-electron chi connectivity index (χ1n) is 7.91. The normalized spacial score (nSPS) is 10.7. The van der Waals surface area contributed by atoms with Crippen LogP contribution in [0.1, 0.15) is 5.56 Å². The number of carbonyl (C=O) groups is 1. The highest BCUT2D eigenvalue weighted by molar-refractivity contribution is 8.00. The van der Waals surface area contributed by atoms with Gasteiger partial charge in [0.1, 0.15) is 11.3 Å². The smallest absolute Gasteiger partial charge is 0.336 e. The van der Waals surface area contributed by atoms with E-state index < -0.39 is 5.63 Å². The number of ether oxygens (including phenoxy) is 1. The summed E-state index contributed by atoms with van der Waals surface area (Å²) in [5, 5.41) is 4.15. The molecule has 1 aromatic heterocycles. The molecule has 3 N–H and O–H groups in total. The van der Waals surface area contributed by atoms with Gasteiger partial charge in [0.25, 0.3) is 0 Å². The number of hydrogen-bond donors (Lipinski definition) is 2. The molecule has 134 valence electrons. The lowest BCUT2D eigenvalue weighted by Crippen LogP contribution is -2.13. The number of amides is 1. The van der Waals surface area contributed by atoms with Crippen molar-refractivity contribution in [3.8, 4) is 5.75 Å². The van der Waals surface area contributed by atoms with Crippen LogP contribution in [0.15, 0.2) is 62.6 Å². The molecular weight excluding hydrogens is 352 g/mol. The van der Waals surface area contributed by atoms with Gasteiger partial charge in [-0.05, 0) is 29.8 Å². The van der Waals surface area contributed by atoms with E-state index in [1.807, 2.05) is 36.4 Å². The maximum absolute atomic E-state index is 11.9. The molecule has 1 heterocycles. The van der Waals surface area contributed by atoms with Crippen LogP contribution in [0.25, 0.3) is 11.0 Å². The highest BCUT2D eigenvalue weighted by Gasteiger charge is 2.09. The van der Waals surface area contributed by atoms with Gasteiger partial charge in [0.05, 0.1) is 12.9 Å². The molecule has 0 bridgehead atoms. The maximum atomic E-state index is 11.9. The van der Waals surface area contributed by atoms with Crippen LogP contribution < -0.4 is 21.4 Å². The van der Waals surface area contributed by atoms with Crippen molar-refractivity contribution in [1.29, 1.82) is 0 Å². The monoisotopic (exact) mass is 370 g/mol. The average molecular weight is 370 g/mol. The number of anilines is 1. The van der Waals surface area contributed by atoms with Crippen LogP contribution in [-0.4, -0.2) is 18.8 Å². The molecule has 0 atom stereocenters. The van der Waals surface area contributed by atoms with Gasteiger partial charge in [0.2, 0.25) is 5.91 Å². The summed E-state index contributed by atoms with van der Waals surface area (Å²) in [6.45, 7) is 0.433. The summed E-state index contributed by atoms with van der Waals surface area (Å²) < 4.78 is 10.4. The van der Waals surface area contributed by atoms with E-state index in [1.54, 1.807) is 13.2 Å². The fraction of sp³-hybridized carbons (Fsp3) is 0.158. The van der Waals surface area contributed by atoms with Gasteiger partial charge in [-0.1, -0.05) is 12.1 Å². The topological polar surface area (TPSA) is 94.6 Å². The van der Waals surface area contributed by atoms with Gasteiger partial charge in [0, 0.05) is 34.6 Å². The molecule has 0 aliphatic rings. The Morgan fingerprint density at radius 3 is 2.81 bits per heavy atom. The van der Waals surface area contributed by atoms with Crippen molar-refractivity contribution in [2.45, 2.75) is 11.4 Å². The van der Waals surface area contributed by atoms with Crippen LogP contribution in [0.3, 0.4) is 0 Å². The number of para-hydroxylation sites is 1. The molecule has 0 aliphatic carbocycles. The minimum atomic E-state index is -0.418. The van der Waals surface area contributed by atoms with Crippen molar-refractivity contribution in [2.24, 2.45) is 5.73 Å². The zero-order chi connectivity index (χ0) is 18.5. The van der Waals surface area contributed by atoms with Gasteiger partial charge >= 0.3 is 5.63 Å². The van der Waals surface area contributed by atoms with Crippen molar-refractivity contribution < 1.29 is 13.9 Å². The third-order valence-electron chi connectivity index (χ3n) is 3.76. The van der Waals surface area contributed by atoms with Crippen molar-refractivity contribution in [3.05, 3.63) is 64.5 Å². The molecule has 0 fully saturated rings. The van der Waals surface area contributed by atoms with E-state index in [9.17, 15) is 9.59 Å². The van der Waals surface area contributed by atoms with Crippen molar-refractivity contribution in [3.63, 3.8) is 0 Å². The van der Waals surface area contributed by atoms with Gasteiger partial charge in [0.15, 0.2) is 0 Å². The predicted octanol–water partition coefficient (Wildman–Crippen LogP) is 2.99. The molecule has 3 rings (SSSR count). The van der Waals surface area contributed by atoms with E-state index >= 15 is 0 Å². The summed E-state index contributed by atoms with van der Waals surface area (Å²) >= 11 is 1.37. The third-order valence-corrected chi connectivity index (χ3v) is 4.86. The number of nitrogens with two attached hydrogens (primary N) is 1. The lowest BCUT2D eigenvalue weighted by molar-refractivity contribution is -0.115. The molecule has 0 saturated carbocycles. The molecule has 0 unspecified atom stereocenters. The molecule has 26 heavy (non-hydrogen) atoms. The number of hydrogen-bond acceptors (Lipinski definition) is 6. The summed E-state index contributed by atoms with van der Waals surface area (Å²) in [7, 11) is 1.56. The van der Waals surface area contributed by atoms with Crippen LogP contribution in [0.5, 0.6) is 5.75 Å². The Labute approximate surface area is 154 Å². The summed E-state index contributed by atoms with van der Waals surface area (Å²) in [6, 6.07) is 14.5. The van der Waals surface area contributed by atoms with Gasteiger partial charge in [-0.3, -0.25) is 4.79 Å². The Bertz CT molecular complexity index is 1000. The van der Waals surface area contributed by atoms with Crippen molar-refractivity contribution in [1.82, 2.24) is 0 Å². The van der Waals surface area contributed by atoms with Gasteiger partial charge < -0.3 is 20.2 Å². The summed E-state index contributed by atoms with van der Waals surface area (Å²) in [5.41, 5.74) is 6.96. The third kappa shape index (κ3) is 4.18. The molecule has 2 aromatic carbocycles. The van der Waals surface area contributed by atoms with Crippen LogP contribution in [-0.2, 0) is 11.3 Å². The van der Waals surface area contributed by atoms with E-state index in [2.05, 4.69) is 5.32 Å². The van der Waals surface area contributed by atoms with E-state index in [0.29, 0.717) is 17.9 Å². The first-order chi connectivity index (χ1) is 12.6. The molecular formula is C19H18N2O4S. The number of nitrogens with one attached hydrogen (secondary N) is 1. The van der Waals surface area contributed by atoms with E-state index in [0.717, 1.165) is 21.5 Å². The molecule has 0 aliphatic heterocycles. The molecule has 0 spiro atoms. The first-order valence-corrected chi connectivity index (χ1v) is 8.90. The standard InChI is InChI=1S/C19H18N2O4S/c1-24-13-6-7-14-12(8-19(23)25-16(14)9-13)10-21-15-4-2-3-5-17(15)26-11-18(20)22/h2-9,21H,10-11H2,1H3,(H2,20,22). The fourth-order valence-electron chi connectivity index (χ4n) is 2.56. The van der Waals surface area contributed by atoms with Crippen molar-refractivity contribution >= 4 is 34.3 Å². The highest BCUT2D eigenvalue weighted by atomic mass is 32.2. The molecule has 1 amide bonds. The molecule has 6 nitrogen and oxygen atoms in total. The van der Waals surface area contributed by atoms with Crippen LogP contribution in [0.4, 0.5) is 5.69 Å². The quantitative estimate of drug-likeness (QED) is 0.490. The Morgan fingerprint density at radius 2 is 2.04 bits per heavy atom. The lowest BCUT2D eigenvalue weighted by Gasteiger charge is -2.12. The number of benzene rings is 2. The predicted molar refractivity (Wildman–Crippen MR) is 103 cm³/mol. The second kappa shape index (κ2) is 7.97. The first kappa shape index (κ1) is 17.9. The van der Waals surface area contributed by atoms with E-state index in [-0.39, 0.29) is 11.7 Å². The molecule has 3 aromatic rings. The average Bonchev–Trinajstić information content (AvgIpc) is 2.64. The van der Waals surface area contributed by atoms with Crippen LogP contribution in [0.2, 0.25) is 0 Å². The number of rotatable bonds is 7. The molecule has 7 heteroatoms. The Balaban J connectivity index is 1.86. The van der Waals surface area contributed by atoms with Crippen LogP contribution in [0, 0.1) is 0 Å². The van der Waals surface area contributed by atoms with E-state index in [4.69, 9.17) is 14.9 Å². The second-order valence-electron chi connectivity index (χ2n) is 5.56. The molecule has 0 saturated heterocycles. The fourth-order valence-corrected chi connectivity index (χ4v) is 3.33. The largest absolute Gasteiger partial charge is 0.497 e. The Morgan fingerprint density at radius 1 is 1.23 bits per heavy atom. The number of thioether (sulfide) groups is 1. The SMILES string of the molecule is COc1ccc2c(CNc3ccccc3SCC(N)=O)cc(=O)oc2c1. The maximum Gasteiger partial charge on any atom is 0.336 e. The number of fused-ring (bicyclic) bond motifs is 1. The van der Waals surface area contributed by atoms with Gasteiger partial charge in [-0.15, -0.1) is 11.8 Å². The summed E-state index contributed by atoms with van der Waals surface area (Å²) in [6.07, 6.45) is 0. The number of methoxy groups -OCH3 is 1. The Hall–Kier alpha value is -2.93. The minimum Gasteiger partial charge on any atom is -0.497 e. The lowest BCUT2D eigenvalue weighted by atomic mass is 10.1. The van der Waals surface area contributed by atoms with Gasteiger partial charge in [-0.25, -0.2) is 4.79 Å². The zero-order valence-electron chi connectivity index (χ0n) is 14.2. The number of carbonyl (C=O) groups excluding carboxylic acids is 1. The Kier molecular flexibility index (Phi) is 5.48. The van der Waals surface area contributed by atoms with Gasteiger partial charge in [-0.2, -0.15) is 0 Å². The minimum absolute atomic E-state index is 0.205. The van der Waals surface area contributed by atoms with E-state index in [1.165, 1.54) is 17.8 Å².